The molecule has 0 amide bonds. The molecule has 6 heteroatoms. The van der Waals surface area contributed by atoms with Crippen LogP contribution in [0.3, 0.4) is 0 Å². The van der Waals surface area contributed by atoms with Gasteiger partial charge in [-0.2, -0.15) is 0 Å². The summed E-state index contributed by atoms with van der Waals surface area (Å²) in [6.45, 7) is 3.75. The van der Waals surface area contributed by atoms with Crippen molar-refractivity contribution in [3.05, 3.63) is 106 Å². The molecule has 172 valence electrons. The van der Waals surface area contributed by atoms with Crippen molar-refractivity contribution in [1.29, 1.82) is 0 Å². The molecule has 0 saturated carbocycles. The Morgan fingerprint density at radius 2 is 1.68 bits per heavy atom. The number of fused-ring (bicyclic) bond motifs is 1. The maximum atomic E-state index is 12.1. The number of hydrogen-bond acceptors (Lipinski definition) is 4. The first-order valence-electron chi connectivity index (χ1n) is 11.0. The number of carboxylic acids is 1. The van der Waals surface area contributed by atoms with Crippen LogP contribution in [0.4, 0.5) is 5.69 Å². The van der Waals surface area contributed by atoms with Gasteiger partial charge in [-0.05, 0) is 52.9 Å². The lowest BCUT2D eigenvalue weighted by Crippen LogP contribution is -2.12. The summed E-state index contributed by atoms with van der Waals surface area (Å²) in [6.07, 6.45) is 0.176. The van der Waals surface area contributed by atoms with Crippen molar-refractivity contribution < 1.29 is 19.6 Å². The molecule has 0 aromatic heterocycles. The summed E-state index contributed by atoms with van der Waals surface area (Å²) in [5.41, 5.74) is 3.75. The third-order valence-corrected chi connectivity index (χ3v) is 5.85. The number of aryl methyl sites for hydroxylation is 1. The van der Waals surface area contributed by atoms with Crippen molar-refractivity contribution >= 4 is 22.4 Å². The van der Waals surface area contributed by atoms with E-state index in [1.54, 1.807) is 13.0 Å². The van der Waals surface area contributed by atoms with Crippen molar-refractivity contribution in [1.82, 2.24) is 0 Å². The number of rotatable bonds is 8. The Balaban J connectivity index is 1.84. The van der Waals surface area contributed by atoms with Gasteiger partial charge in [-0.15, -0.1) is 0 Å². The monoisotopic (exact) mass is 455 g/mol. The van der Waals surface area contributed by atoms with Crippen LogP contribution in [0.2, 0.25) is 0 Å². The highest BCUT2D eigenvalue weighted by Gasteiger charge is 2.24. The van der Waals surface area contributed by atoms with Gasteiger partial charge in [-0.3, -0.25) is 14.9 Å². The zero-order chi connectivity index (χ0) is 24.2. The summed E-state index contributed by atoms with van der Waals surface area (Å²) in [7, 11) is 0. The molecule has 34 heavy (non-hydrogen) atoms. The van der Waals surface area contributed by atoms with E-state index in [1.807, 2.05) is 73.7 Å². The maximum Gasteiger partial charge on any atom is 0.311 e. The Bertz CT molecular complexity index is 1360. The Kier molecular flexibility index (Phi) is 6.59. The smallest absolute Gasteiger partial charge is 0.311 e. The van der Waals surface area contributed by atoms with Crippen molar-refractivity contribution in [2.75, 3.05) is 0 Å². The fourth-order valence-electron chi connectivity index (χ4n) is 3.93. The van der Waals surface area contributed by atoms with Gasteiger partial charge in [0.15, 0.2) is 0 Å². The van der Waals surface area contributed by atoms with Gasteiger partial charge in [0.1, 0.15) is 6.61 Å². The lowest BCUT2D eigenvalue weighted by atomic mass is 9.94. The largest absolute Gasteiger partial charge is 0.482 e. The molecule has 0 aliphatic carbocycles. The number of ether oxygens (including phenoxy) is 1. The van der Waals surface area contributed by atoms with E-state index in [4.69, 9.17) is 4.74 Å². The maximum absolute atomic E-state index is 12.1. The molecule has 0 heterocycles. The number of nitro benzene ring substituents is 1. The molecule has 1 unspecified atom stereocenters. The summed E-state index contributed by atoms with van der Waals surface area (Å²) in [5.74, 6) is -1.45. The minimum Gasteiger partial charge on any atom is -0.482 e. The fourth-order valence-corrected chi connectivity index (χ4v) is 3.93. The molecule has 6 nitrogen and oxygen atoms in total. The zero-order valence-electron chi connectivity index (χ0n) is 19.0. The summed E-state index contributed by atoms with van der Waals surface area (Å²) < 4.78 is 6.07. The Hall–Kier alpha value is -4.19. The van der Waals surface area contributed by atoms with Crippen LogP contribution >= 0.6 is 0 Å². The highest BCUT2D eigenvalue weighted by Crippen LogP contribution is 2.41. The van der Waals surface area contributed by atoms with Gasteiger partial charge in [0.25, 0.3) is 0 Å². The fraction of sp³-hybridized carbons (Fsp3) is 0.179. The van der Waals surface area contributed by atoms with Gasteiger partial charge in [-0.25, -0.2) is 0 Å². The third-order valence-electron chi connectivity index (χ3n) is 5.85. The van der Waals surface area contributed by atoms with Crippen molar-refractivity contribution in [3.63, 3.8) is 0 Å². The average Bonchev–Trinajstić information content (AvgIpc) is 2.83. The first kappa shape index (κ1) is 23.0. The highest BCUT2D eigenvalue weighted by molar-refractivity contribution is 5.89. The topological polar surface area (TPSA) is 89.7 Å². The number of nitro groups is 1. The molecule has 0 spiro atoms. The van der Waals surface area contributed by atoms with Crippen LogP contribution in [0.25, 0.3) is 21.9 Å². The molecule has 0 fully saturated rings. The number of aliphatic carboxylic acids is 1. The number of carboxylic acid groups (broad SMARTS) is 1. The summed E-state index contributed by atoms with van der Waals surface area (Å²) in [4.78, 5) is 23.0. The number of nitrogens with zero attached hydrogens (tertiary/aromatic N) is 1. The van der Waals surface area contributed by atoms with E-state index in [1.165, 1.54) is 6.07 Å². The minimum absolute atomic E-state index is 0.173. The predicted molar refractivity (Wildman–Crippen MR) is 132 cm³/mol. The highest BCUT2D eigenvalue weighted by atomic mass is 16.6. The lowest BCUT2D eigenvalue weighted by molar-refractivity contribution is -0.385. The van der Waals surface area contributed by atoms with Crippen LogP contribution in [0.1, 0.15) is 23.6 Å². The molecule has 4 aromatic carbocycles. The van der Waals surface area contributed by atoms with Crippen molar-refractivity contribution in [2.45, 2.75) is 26.9 Å². The van der Waals surface area contributed by atoms with Gasteiger partial charge in [0.05, 0.1) is 10.8 Å². The van der Waals surface area contributed by atoms with Crippen LogP contribution in [0.15, 0.2) is 78.9 Å². The Labute approximate surface area is 197 Å². The normalized spacial score (nSPS) is 11.8. The van der Waals surface area contributed by atoms with Crippen LogP contribution < -0.4 is 4.74 Å². The van der Waals surface area contributed by atoms with Gasteiger partial charge in [0.2, 0.25) is 5.75 Å². The average molecular weight is 456 g/mol. The summed E-state index contributed by atoms with van der Waals surface area (Å²) in [5, 5.41) is 23.5. The molecule has 0 saturated heterocycles. The Morgan fingerprint density at radius 1 is 0.971 bits per heavy atom. The van der Waals surface area contributed by atoms with Crippen molar-refractivity contribution in [3.8, 4) is 16.9 Å². The summed E-state index contributed by atoms with van der Waals surface area (Å²) in [6, 6.07) is 24.7. The molecule has 4 aromatic rings. The van der Waals surface area contributed by atoms with Crippen LogP contribution in [0, 0.1) is 23.0 Å². The molecule has 1 N–H and O–H groups in total. The van der Waals surface area contributed by atoms with E-state index in [0.29, 0.717) is 11.1 Å². The van der Waals surface area contributed by atoms with Gasteiger partial charge in [-0.1, -0.05) is 73.2 Å². The lowest BCUT2D eigenvalue weighted by Gasteiger charge is -2.16. The molecule has 0 aliphatic heterocycles. The summed E-state index contributed by atoms with van der Waals surface area (Å²) >= 11 is 0. The molecule has 1 atom stereocenters. The number of carbonyl (C=O) groups is 1. The van der Waals surface area contributed by atoms with E-state index < -0.39 is 16.8 Å². The van der Waals surface area contributed by atoms with Gasteiger partial charge < -0.3 is 9.84 Å². The number of hydrogen-bond donors (Lipinski definition) is 1. The third kappa shape index (κ3) is 5.07. The Morgan fingerprint density at radius 3 is 2.35 bits per heavy atom. The van der Waals surface area contributed by atoms with Crippen LogP contribution in [-0.2, 0) is 17.8 Å². The van der Waals surface area contributed by atoms with E-state index >= 15 is 0 Å². The van der Waals surface area contributed by atoms with Gasteiger partial charge in [0, 0.05) is 11.6 Å². The van der Waals surface area contributed by atoms with E-state index in [-0.39, 0.29) is 24.5 Å². The molecule has 4 rings (SSSR count). The second kappa shape index (κ2) is 9.75. The molecule has 0 radical (unpaired) electrons. The second-order valence-corrected chi connectivity index (χ2v) is 8.53. The quantitative estimate of drug-likeness (QED) is 0.240. The van der Waals surface area contributed by atoms with Crippen LogP contribution in [0.5, 0.6) is 5.75 Å². The van der Waals surface area contributed by atoms with E-state index in [9.17, 15) is 20.0 Å². The van der Waals surface area contributed by atoms with Gasteiger partial charge >= 0.3 is 11.7 Å². The first-order chi connectivity index (χ1) is 16.3. The molecular weight excluding hydrogens is 430 g/mol. The SMILES string of the molecule is Cc1ccc(COc2c(-c3ccc4ccccc4c3)cc(CC(C)C(=O)O)cc2[N+](=O)[O-])cc1. The number of benzene rings is 4. The van der Waals surface area contributed by atoms with Crippen LogP contribution in [-0.4, -0.2) is 16.0 Å². The van der Waals surface area contributed by atoms with E-state index in [2.05, 4.69) is 0 Å². The zero-order valence-corrected chi connectivity index (χ0v) is 19.0. The van der Waals surface area contributed by atoms with Crippen molar-refractivity contribution in [2.24, 2.45) is 5.92 Å². The molecule has 0 bridgehead atoms. The predicted octanol–water partition coefficient (Wildman–Crippen LogP) is 6.57. The second-order valence-electron chi connectivity index (χ2n) is 8.53. The first-order valence-corrected chi connectivity index (χ1v) is 11.0. The molecule has 0 aliphatic rings. The van der Waals surface area contributed by atoms with E-state index in [0.717, 1.165) is 27.5 Å². The molecular formula is C28H25NO5. The standard InChI is InChI=1S/C28H25NO5/c1-18-7-9-20(10-8-18)17-34-27-25(24-12-11-22-5-3-4-6-23(22)16-24)14-21(13-19(2)28(30)31)15-26(27)29(32)33/h3-12,14-16,19H,13,17H2,1-2H3,(H,30,31). The minimum atomic E-state index is -0.949.